The first-order valence-electron chi connectivity index (χ1n) is 18.6. The first-order valence-corrected chi connectivity index (χ1v) is 18.6. The molecule has 0 aliphatic carbocycles. The van der Waals surface area contributed by atoms with Crippen LogP contribution in [0.1, 0.15) is 30.4 Å². The summed E-state index contributed by atoms with van der Waals surface area (Å²) in [6.07, 6.45) is 3.32. The molecule has 0 bridgehead atoms. The summed E-state index contributed by atoms with van der Waals surface area (Å²) >= 11 is 0. The summed E-state index contributed by atoms with van der Waals surface area (Å²) in [4.78, 5) is 13.1. The van der Waals surface area contributed by atoms with Gasteiger partial charge < -0.3 is 4.90 Å². The second-order valence-electron chi connectivity index (χ2n) is 13.9. The zero-order valence-corrected chi connectivity index (χ0v) is 29.9. The lowest BCUT2D eigenvalue weighted by atomic mass is 9.96. The number of hydrogen-bond donors (Lipinski definition) is 0. The highest BCUT2D eigenvalue weighted by molar-refractivity contribution is 5.93. The summed E-state index contributed by atoms with van der Waals surface area (Å²) < 4.78 is 4.57. The Labute approximate surface area is 314 Å². The van der Waals surface area contributed by atoms with Gasteiger partial charge in [0, 0.05) is 39.6 Å². The van der Waals surface area contributed by atoms with E-state index in [2.05, 4.69) is 209 Å². The van der Waals surface area contributed by atoms with Gasteiger partial charge in [-0.25, -0.2) is 9.97 Å². The molecule has 5 heteroatoms. The molecule has 5 nitrogen and oxygen atoms in total. The van der Waals surface area contributed by atoms with E-state index in [0.717, 1.165) is 79.6 Å². The van der Waals surface area contributed by atoms with E-state index >= 15 is 0 Å². The predicted octanol–water partition coefficient (Wildman–Crippen LogP) is 12.4. The topological polar surface area (TPSA) is 38.9 Å². The molecule has 1 aliphatic rings. The van der Waals surface area contributed by atoms with Crippen LogP contribution in [0.3, 0.4) is 0 Å². The number of allylic oxidation sites excluding steroid dienone is 1. The summed E-state index contributed by atoms with van der Waals surface area (Å²) in [5.74, 6) is 2.10. The lowest BCUT2D eigenvalue weighted by Gasteiger charge is -2.29. The molecule has 0 fully saturated rings. The fourth-order valence-corrected chi connectivity index (χ4v) is 8.00. The molecule has 1 unspecified atom stereocenters. The van der Waals surface area contributed by atoms with E-state index in [-0.39, 0.29) is 0 Å². The van der Waals surface area contributed by atoms with Gasteiger partial charge in [-0.2, -0.15) is 0 Å². The molecule has 9 aromatic rings. The van der Waals surface area contributed by atoms with Crippen LogP contribution in [0.5, 0.6) is 0 Å². The fourth-order valence-electron chi connectivity index (χ4n) is 8.00. The summed E-state index contributed by atoms with van der Waals surface area (Å²) in [5.41, 5.74) is 14.0. The molecule has 1 atom stereocenters. The van der Waals surface area contributed by atoms with Gasteiger partial charge in [-0.05, 0) is 108 Å². The maximum absolute atomic E-state index is 5.35. The smallest absolute Gasteiger partial charge is 0.145 e. The highest BCUT2D eigenvalue weighted by Gasteiger charge is 2.27. The molecule has 1 aliphatic heterocycles. The molecule has 0 saturated carbocycles. The van der Waals surface area contributed by atoms with Crippen LogP contribution in [0.4, 0.5) is 11.4 Å². The second-order valence-corrected chi connectivity index (χ2v) is 13.9. The Balaban J connectivity index is 1.29. The Bertz CT molecular complexity index is 2680. The summed E-state index contributed by atoms with van der Waals surface area (Å²) in [6, 6.07) is 64.4. The van der Waals surface area contributed by atoms with Crippen molar-refractivity contribution in [1.82, 2.24) is 19.1 Å². The van der Waals surface area contributed by atoms with E-state index in [4.69, 9.17) is 9.97 Å². The van der Waals surface area contributed by atoms with Crippen LogP contribution in [0.15, 0.2) is 188 Å². The first-order chi connectivity index (χ1) is 26.7. The second kappa shape index (κ2) is 13.2. The standard InChI is InChI=1S/C49H37N5/c1-34-29-30-44(52(38-17-5-2-6-18-38)45-26-14-11-23-41(34)45)35-31-36(48-50-42-24-12-15-27-46(42)53(48)39-19-7-3-8-20-39)33-37(32-35)49-51-43-25-13-16-28-47(43)54(49)40-21-9-4-10-22-40/h2-28,30-34H,29H2,1H3. The van der Waals surface area contributed by atoms with E-state index in [1.165, 1.54) is 11.3 Å². The first kappa shape index (κ1) is 31.7. The van der Waals surface area contributed by atoms with Gasteiger partial charge in [-0.1, -0.05) is 110 Å². The maximum atomic E-state index is 5.35. The predicted molar refractivity (Wildman–Crippen MR) is 223 cm³/mol. The Hall–Kier alpha value is -6.98. The van der Waals surface area contributed by atoms with Gasteiger partial charge in [0.2, 0.25) is 0 Å². The van der Waals surface area contributed by atoms with Gasteiger partial charge in [-0.15, -0.1) is 0 Å². The minimum absolute atomic E-state index is 0.345. The van der Waals surface area contributed by atoms with Crippen LogP contribution in [0.25, 0.3) is 61.9 Å². The number of rotatable bonds is 6. The molecular formula is C49H37N5. The molecule has 258 valence electrons. The van der Waals surface area contributed by atoms with E-state index in [1.54, 1.807) is 0 Å². The molecule has 3 heterocycles. The van der Waals surface area contributed by atoms with Crippen molar-refractivity contribution in [3.63, 3.8) is 0 Å². The van der Waals surface area contributed by atoms with Gasteiger partial charge in [0.05, 0.1) is 22.1 Å². The van der Waals surface area contributed by atoms with Crippen LogP contribution >= 0.6 is 0 Å². The van der Waals surface area contributed by atoms with Crippen molar-refractivity contribution in [3.05, 3.63) is 199 Å². The average molecular weight is 696 g/mol. The van der Waals surface area contributed by atoms with Gasteiger partial charge in [0.15, 0.2) is 0 Å². The number of nitrogens with zero attached hydrogens (tertiary/aromatic N) is 5. The molecular weight excluding hydrogens is 659 g/mol. The average Bonchev–Trinajstić information content (AvgIpc) is 3.78. The normalized spacial score (nSPS) is 14.2. The van der Waals surface area contributed by atoms with Gasteiger partial charge in [0.25, 0.3) is 0 Å². The van der Waals surface area contributed by atoms with Crippen LogP contribution in [-0.2, 0) is 0 Å². The molecule has 0 spiro atoms. The quantitative estimate of drug-likeness (QED) is 0.174. The number of imidazole rings is 2. The third kappa shape index (κ3) is 5.41. The molecule has 2 aromatic heterocycles. The number of benzene rings is 7. The fraction of sp³-hybridized carbons (Fsp3) is 0.0612. The van der Waals surface area contributed by atoms with Crippen molar-refractivity contribution in [1.29, 1.82) is 0 Å². The maximum Gasteiger partial charge on any atom is 0.145 e. The summed E-state index contributed by atoms with van der Waals surface area (Å²) in [6.45, 7) is 2.33. The Kier molecular flexibility index (Phi) is 7.76. The van der Waals surface area contributed by atoms with E-state index in [0.29, 0.717) is 5.92 Å². The van der Waals surface area contributed by atoms with Crippen molar-refractivity contribution in [3.8, 4) is 34.2 Å². The monoisotopic (exact) mass is 695 g/mol. The molecule has 0 N–H and O–H groups in total. The lowest BCUT2D eigenvalue weighted by Crippen LogP contribution is -2.16. The molecule has 0 radical (unpaired) electrons. The van der Waals surface area contributed by atoms with Crippen LogP contribution in [-0.4, -0.2) is 19.1 Å². The number of anilines is 2. The minimum Gasteiger partial charge on any atom is -0.310 e. The van der Waals surface area contributed by atoms with Gasteiger partial charge in [-0.3, -0.25) is 9.13 Å². The van der Waals surface area contributed by atoms with Crippen molar-refractivity contribution < 1.29 is 0 Å². The molecule has 7 aromatic carbocycles. The number of hydrogen-bond acceptors (Lipinski definition) is 3. The SMILES string of the molecule is CC1CC=C(c2cc(-c3nc4ccccc4n3-c3ccccc3)cc(-c3nc4ccccc4n3-c3ccccc3)c2)N(c2ccccc2)c2ccccc21. The molecule has 10 rings (SSSR count). The van der Waals surface area contributed by atoms with Crippen molar-refractivity contribution in [2.45, 2.75) is 19.3 Å². The van der Waals surface area contributed by atoms with Crippen LogP contribution in [0.2, 0.25) is 0 Å². The van der Waals surface area contributed by atoms with Crippen LogP contribution < -0.4 is 4.90 Å². The van der Waals surface area contributed by atoms with Crippen molar-refractivity contribution in [2.24, 2.45) is 0 Å². The molecule has 0 saturated heterocycles. The number of para-hydroxylation sites is 8. The largest absolute Gasteiger partial charge is 0.310 e. The highest BCUT2D eigenvalue weighted by atomic mass is 15.2. The zero-order chi connectivity index (χ0) is 36.0. The van der Waals surface area contributed by atoms with Gasteiger partial charge in [0.1, 0.15) is 11.6 Å². The van der Waals surface area contributed by atoms with E-state index in [1.807, 2.05) is 0 Å². The van der Waals surface area contributed by atoms with Crippen molar-refractivity contribution >= 4 is 39.1 Å². The Morgan fingerprint density at radius 1 is 0.463 bits per heavy atom. The Morgan fingerprint density at radius 3 is 1.46 bits per heavy atom. The molecule has 0 amide bonds. The van der Waals surface area contributed by atoms with Crippen LogP contribution in [0, 0.1) is 0 Å². The summed E-state index contributed by atoms with van der Waals surface area (Å²) in [7, 11) is 0. The number of aromatic nitrogens is 4. The third-order valence-corrected chi connectivity index (χ3v) is 10.5. The van der Waals surface area contributed by atoms with Gasteiger partial charge >= 0.3 is 0 Å². The third-order valence-electron chi connectivity index (χ3n) is 10.5. The summed E-state index contributed by atoms with van der Waals surface area (Å²) in [5, 5.41) is 0. The molecule has 54 heavy (non-hydrogen) atoms. The van der Waals surface area contributed by atoms with E-state index in [9.17, 15) is 0 Å². The van der Waals surface area contributed by atoms with E-state index < -0.39 is 0 Å². The minimum atomic E-state index is 0.345. The lowest BCUT2D eigenvalue weighted by molar-refractivity contribution is 0.788. The highest BCUT2D eigenvalue weighted by Crippen LogP contribution is 2.45. The zero-order valence-electron chi connectivity index (χ0n) is 29.9. The Morgan fingerprint density at radius 2 is 0.907 bits per heavy atom. The van der Waals surface area contributed by atoms with Crippen molar-refractivity contribution in [2.75, 3.05) is 4.90 Å². The number of fused-ring (bicyclic) bond motifs is 3.